The third-order valence-corrected chi connectivity index (χ3v) is 2.83. The van der Waals surface area contributed by atoms with E-state index in [4.69, 9.17) is 0 Å². The fourth-order valence-electron chi connectivity index (χ4n) is 1.85. The lowest BCUT2D eigenvalue weighted by Gasteiger charge is -2.03. The van der Waals surface area contributed by atoms with Gasteiger partial charge in [0.1, 0.15) is 0 Å². The second-order valence-corrected chi connectivity index (χ2v) is 4.13. The minimum Gasteiger partial charge on any atom is -0.256 e. The van der Waals surface area contributed by atoms with Gasteiger partial charge in [0.05, 0.1) is 11.2 Å². The van der Waals surface area contributed by atoms with Crippen LogP contribution in [0.5, 0.6) is 0 Å². The number of nitrogens with zero attached hydrogens (tertiary/aromatic N) is 2. The second-order valence-electron chi connectivity index (χ2n) is 4.13. The smallest absolute Gasteiger partial charge is 0.0739 e. The summed E-state index contributed by atoms with van der Waals surface area (Å²) < 4.78 is 0. The van der Waals surface area contributed by atoms with Crippen molar-refractivity contribution in [3.63, 3.8) is 0 Å². The van der Waals surface area contributed by atoms with E-state index in [2.05, 4.69) is 41.2 Å². The highest BCUT2D eigenvalue weighted by atomic mass is 14.7. The van der Waals surface area contributed by atoms with Crippen molar-refractivity contribution in [1.82, 2.24) is 9.97 Å². The number of rotatable bonds is 1. The molecule has 0 bridgehead atoms. The number of pyridine rings is 2. The number of aromatic nitrogens is 2. The Kier molecular flexibility index (Phi) is 2.33. The summed E-state index contributed by atoms with van der Waals surface area (Å²) in [5.41, 5.74) is 4.34. The first-order valence-electron chi connectivity index (χ1n) is 5.61. The van der Waals surface area contributed by atoms with Crippen LogP contribution in [0, 0.1) is 6.92 Å². The van der Waals surface area contributed by atoms with Gasteiger partial charge in [0.25, 0.3) is 0 Å². The average Bonchev–Trinajstić information content (AvgIpc) is 2.39. The van der Waals surface area contributed by atoms with Crippen LogP contribution in [0.4, 0.5) is 0 Å². The van der Waals surface area contributed by atoms with Gasteiger partial charge in [-0.2, -0.15) is 0 Å². The van der Waals surface area contributed by atoms with E-state index in [1.54, 1.807) is 6.20 Å². The molecule has 0 fully saturated rings. The molecule has 1 aromatic carbocycles. The first kappa shape index (κ1) is 9.97. The summed E-state index contributed by atoms with van der Waals surface area (Å²) in [6.45, 7) is 2.08. The standard InChI is InChI=1S/C15H12N2/c1-11-4-6-12(7-5-11)14-9-15-13(10-17-14)3-2-8-16-15/h2-10H,1H3. The van der Waals surface area contributed by atoms with Gasteiger partial charge in [0.2, 0.25) is 0 Å². The molecule has 0 amide bonds. The van der Waals surface area contributed by atoms with Crippen molar-refractivity contribution < 1.29 is 0 Å². The summed E-state index contributed by atoms with van der Waals surface area (Å²) in [6.07, 6.45) is 3.68. The van der Waals surface area contributed by atoms with Gasteiger partial charge in [-0.15, -0.1) is 0 Å². The maximum Gasteiger partial charge on any atom is 0.0739 e. The van der Waals surface area contributed by atoms with Crippen molar-refractivity contribution in [1.29, 1.82) is 0 Å². The van der Waals surface area contributed by atoms with Crippen molar-refractivity contribution in [2.24, 2.45) is 0 Å². The lowest BCUT2D eigenvalue weighted by atomic mass is 10.1. The Morgan fingerprint density at radius 3 is 2.59 bits per heavy atom. The second kappa shape index (κ2) is 3.98. The molecular formula is C15H12N2. The van der Waals surface area contributed by atoms with Crippen LogP contribution in [0.1, 0.15) is 5.56 Å². The SMILES string of the molecule is Cc1ccc(-c2cc3ncccc3cn2)cc1. The Balaban J connectivity index is 2.14. The average molecular weight is 220 g/mol. The van der Waals surface area contributed by atoms with Crippen LogP contribution < -0.4 is 0 Å². The summed E-state index contributed by atoms with van der Waals surface area (Å²) in [5.74, 6) is 0. The molecule has 0 aliphatic carbocycles. The Labute approximate surface area is 100.0 Å². The van der Waals surface area contributed by atoms with E-state index < -0.39 is 0 Å². The largest absolute Gasteiger partial charge is 0.256 e. The molecule has 2 heteroatoms. The third kappa shape index (κ3) is 1.89. The van der Waals surface area contributed by atoms with Crippen molar-refractivity contribution >= 4 is 10.9 Å². The van der Waals surface area contributed by atoms with E-state index in [1.807, 2.05) is 24.4 Å². The first-order chi connectivity index (χ1) is 8.33. The van der Waals surface area contributed by atoms with E-state index in [0.29, 0.717) is 0 Å². The summed E-state index contributed by atoms with van der Waals surface area (Å²) >= 11 is 0. The fourth-order valence-corrected chi connectivity index (χ4v) is 1.85. The maximum atomic E-state index is 4.47. The van der Waals surface area contributed by atoms with Crippen molar-refractivity contribution in [2.45, 2.75) is 6.92 Å². The molecule has 0 radical (unpaired) electrons. The number of fused-ring (bicyclic) bond motifs is 1. The fraction of sp³-hybridized carbons (Fsp3) is 0.0667. The lowest BCUT2D eigenvalue weighted by Crippen LogP contribution is -1.86. The van der Waals surface area contributed by atoms with Crippen molar-refractivity contribution in [2.75, 3.05) is 0 Å². The molecule has 2 heterocycles. The first-order valence-corrected chi connectivity index (χ1v) is 5.61. The van der Waals surface area contributed by atoms with E-state index in [1.165, 1.54) is 5.56 Å². The zero-order valence-corrected chi connectivity index (χ0v) is 9.59. The molecule has 82 valence electrons. The van der Waals surface area contributed by atoms with Gasteiger partial charge in [-0.05, 0) is 25.1 Å². The highest BCUT2D eigenvalue weighted by Gasteiger charge is 2.01. The van der Waals surface area contributed by atoms with Gasteiger partial charge in [-0.1, -0.05) is 29.8 Å². The number of hydrogen-bond donors (Lipinski definition) is 0. The highest BCUT2D eigenvalue weighted by molar-refractivity contribution is 5.81. The predicted molar refractivity (Wildman–Crippen MR) is 69.7 cm³/mol. The van der Waals surface area contributed by atoms with E-state index >= 15 is 0 Å². The van der Waals surface area contributed by atoms with E-state index in [0.717, 1.165) is 22.2 Å². The van der Waals surface area contributed by atoms with E-state index in [-0.39, 0.29) is 0 Å². The molecule has 0 N–H and O–H groups in total. The highest BCUT2D eigenvalue weighted by Crippen LogP contribution is 2.20. The molecule has 3 aromatic rings. The van der Waals surface area contributed by atoms with Crippen LogP contribution in [0.2, 0.25) is 0 Å². The predicted octanol–water partition coefficient (Wildman–Crippen LogP) is 3.61. The molecule has 0 saturated heterocycles. The molecule has 0 saturated carbocycles. The van der Waals surface area contributed by atoms with Gasteiger partial charge < -0.3 is 0 Å². The summed E-state index contributed by atoms with van der Waals surface area (Å²) in [6, 6.07) is 14.3. The lowest BCUT2D eigenvalue weighted by molar-refractivity contribution is 1.32. The Morgan fingerprint density at radius 1 is 0.941 bits per heavy atom. The van der Waals surface area contributed by atoms with Crippen LogP contribution in [-0.4, -0.2) is 9.97 Å². The molecule has 0 spiro atoms. The normalized spacial score (nSPS) is 10.6. The van der Waals surface area contributed by atoms with Gasteiger partial charge in [0, 0.05) is 23.3 Å². The van der Waals surface area contributed by atoms with Gasteiger partial charge in [0.15, 0.2) is 0 Å². The van der Waals surface area contributed by atoms with Crippen molar-refractivity contribution in [3.05, 3.63) is 60.4 Å². The van der Waals surface area contributed by atoms with E-state index in [9.17, 15) is 0 Å². The Hall–Kier alpha value is -2.22. The zero-order valence-electron chi connectivity index (χ0n) is 9.59. The molecule has 17 heavy (non-hydrogen) atoms. The Morgan fingerprint density at radius 2 is 1.76 bits per heavy atom. The van der Waals surface area contributed by atoms with Gasteiger partial charge >= 0.3 is 0 Å². The van der Waals surface area contributed by atoms with Crippen molar-refractivity contribution in [3.8, 4) is 11.3 Å². The molecule has 0 unspecified atom stereocenters. The van der Waals surface area contributed by atoms with Crippen LogP contribution in [-0.2, 0) is 0 Å². The molecule has 0 aliphatic heterocycles. The Bertz CT molecular complexity index is 657. The molecule has 2 nitrogen and oxygen atoms in total. The quantitative estimate of drug-likeness (QED) is 0.626. The number of benzene rings is 1. The minimum atomic E-state index is 0.969. The summed E-state index contributed by atoms with van der Waals surface area (Å²) in [4.78, 5) is 8.81. The van der Waals surface area contributed by atoms with Crippen LogP contribution >= 0.6 is 0 Å². The maximum absolute atomic E-state index is 4.47. The van der Waals surface area contributed by atoms with Crippen LogP contribution in [0.25, 0.3) is 22.2 Å². The molecule has 3 rings (SSSR count). The van der Waals surface area contributed by atoms with Gasteiger partial charge in [-0.25, -0.2) is 0 Å². The minimum absolute atomic E-state index is 0.969. The van der Waals surface area contributed by atoms with Crippen LogP contribution in [0.15, 0.2) is 54.9 Å². The molecular weight excluding hydrogens is 208 g/mol. The number of hydrogen-bond acceptors (Lipinski definition) is 2. The molecule has 0 atom stereocenters. The summed E-state index contributed by atoms with van der Waals surface area (Å²) in [7, 11) is 0. The monoisotopic (exact) mass is 220 g/mol. The van der Waals surface area contributed by atoms with Crippen LogP contribution in [0.3, 0.4) is 0 Å². The third-order valence-electron chi connectivity index (χ3n) is 2.83. The summed E-state index contributed by atoms with van der Waals surface area (Å²) in [5, 5.41) is 1.07. The zero-order chi connectivity index (χ0) is 11.7. The molecule has 0 aliphatic rings. The number of aryl methyl sites for hydroxylation is 1. The van der Waals surface area contributed by atoms with Gasteiger partial charge in [-0.3, -0.25) is 9.97 Å². The molecule has 2 aromatic heterocycles. The topological polar surface area (TPSA) is 25.8 Å².